The minimum Gasteiger partial charge on any atom is -0.394 e. The van der Waals surface area contributed by atoms with E-state index in [1.165, 1.54) is 77.0 Å². The molecule has 168 valence electrons. The fraction of sp³-hybridized carbons (Fsp3) is 1.00. The second-order valence-corrected chi connectivity index (χ2v) is 8.16. The van der Waals surface area contributed by atoms with Crippen molar-refractivity contribution in [2.24, 2.45) is 0 Å². The van der Waals surface area contributed by atoms with Crippen molar-refractivity contribution in [1.82, 2.24) is 0 Å². The first-order valence-electron chi connectivity index (χ1n) is 11.5. The van der Waals surface area contributed by atoms with Crippen molar-refractivity contribution in [2.45, 2.75) is 128 Å². The topological polar surface area (TPSA) is 99.4 Å². The Hall–Kier alpha value is -0.240. The van der Waals surface area contributed by atoms with Crippen LogP contribution in [-0.4, -0.2) is 64.3 Å². The first kappa shape index (κ1) is 25.8. The van der Waals surface area contributed by atoms with E-state index in [2.05, 4.69) is 6.92 Å². The molecule has 28 heavy (non-hydrogen) atoms. The maximum absolute atomic E-state index is 9.89. The maximum Gasteiger partial charge on any atom is 0.186 e. The Balaban J connectivity index is 1.90. The van der Waals surface area contributed by atoms with Crippen LogP contribution < -0.4 is 0 Å². The van der Waals surface area contributed by atoms with Gasteiger partial charge in [0.25, 0.3) is 0 Å². The van der Waals surface area contributed by atoms with Crippen molar-refractivity contribution in [2.75, 3.05) is 13.2 Å². The van der Waals surface area contributed by atoms with Gasteiger partial charge in [0, 0.05) is 6.61 Å². The second kappa shape index (κ2) is 16.5. The third-order valence-electron chi connectivity index (χ3n) is 5.63. The number of hydrogen-bond donors (Lipinski definition) is 4. The van der Waals surface area contributed by atoms with Crippen LogP contribution in [0.2, 0.25) is 0 Å². The largest absolute Gasteiger partial charge is 0.394 e. The van der Waals surface area contributed by atoms with Gasteiger partial charge in [0.1, 0.15) is 24.4 Å². The van der Waals surface area contributed by atoms with Crippen LogP contribution in [0.3, 0.4) is 0 Å². The molecule has 6 nitrogen and oxygen atoms in total. The van der Waals surface area contributed by atoms with Crippen LogP contribution in [0.15, 0.2) is 0 Å². The molecule has 1 heterocycles. The van der Waals surface area contributed by atoms with Gasteiger partial charge in [-0.1, -0.05) is 90.4 Å². The van der Waals surface area contributed by atoms with E-state index in [1.807, 2.05) is 0 Å². The zero-order chi connectivity index (χ0) is 20.6. The van der Waals surface area contributed by atoms with Gasteiger partial charge in [-0.2, -0.15) is 0 Å². The zero-order valence-electron chi connectivity index (χ0n) is 17.8. The predicted octanol–water partition coefficient (Wildman–Crippen LogP) is 3.28. The zero-order valence-corrected chi connectivity index (χ0v) is 17.8. The molecule has 1 aliphatic heterocycles. The molecule has 0 amide bonds. The third kappa shape index (κ3) is 10.5. The molecule has 4 N–H and O–H groups in total. The summed E-state index contributed by atoms with van der Waals surface area (Å²) >= 11 is 0. The minimum atomic E-state index is -1.37. The van der Waals surface area contributed by atoms with Gasteiger partial charge < -0.3 is 29.9 Å². The SMILES string of the molecule is CCCCCCCCCCCCCCCCO[C@@H]1O[C@H](CO)[C@H](O)[C@H](O)[C@H]1O. The van der Waals surface area contributed by atoms with Gasteiger partial charge in [-0.05, 0) is 6.42 Å². The number of rotatable bonds is 17. The molecule has 5 atom stereocenters. The molecule has 0 aromatic rings. The predicted molar refractivity (Wildman–Crippen MR) is 110 cm³/mol. The third-order valence-corrected chi connectivity index (χ3v) is 5.63. The van der Waals surface area contributed by atoms with Crippen LogP contribution in [-0.2, 0) is 9.47 Å². The molecule has 0 spiro atoms. The number of unbranched alkanes of at least 4 members (excludes halogenated alkanes) is 13. The smallest absolute Gasteiger partial charge is 0.186 e. The highest BCUT2D eigenvalue weighted by Crippen LogP contribution is 2.22. The first-order chi connectivity index (χ1) is 13.6. The lowest BCUT2D eigenvalue weighted by Crippen LogP contribution is -2.59. The van der Waals surface area contributed by atoms with E-state index in [1.54, 1.807) is 0 Å². The molecule has 0 unspecified atom stereocenters. The Kier molecular flexibility index (Phi) is 15.2. The molecular formula is C22H44O6. The summed E-state index contributed by atoms with van der Waals surface area (Å²) in [6, 6.07) is 0. The Morgan fingerprint density at radius 3 is 1.57 bits per heavy atom. The average Bonchev–Trinajstić information content (AvgIpc) is 2.70. The molecule has 1 rings (SSSR count). The molecule has 0 bridgehead atoms. The molecule has 6 heteroatoms. The van der Waals surface area contributed by atoms with Crippen LogP contribution >= 0.6 is 0 Å². The molecule has 1 fully saturated rings. The van der Waals surface area contributed by atoms with E-state index in [0.29, 0.717) is 6.61 Å². The van der Waals surface area contributed by atoms with Gasteiger partial charge in [0.05, 0.1) is 6.61 Å². The second-order valence-electron chi connectivity index (χ2n) is 8.16. The first-order valence-corrected chi connectivity index (χ1v) is 11.5. The molecule has 0 aromatic heterocycles. The molecular weight excluding hydrogens is 360 g/mol. The molecule has 1 saturated heterocycles. The van der Waals surface area contributed by atoms with Crippen LogP contribution in [0.4, 0.5) is 0 Å². The highest BCUT2D eigenvalue weighted by Gasteiger charge is 2.43. The van der Waals surface area contributed by atoms with Crippen molar-refractivity contribution in [3.63, 3.8) is 0 Å². The van der Waals surface area contributed by atoms with E-state index >= 15 is 0 Å². The summed E-state index contributed by atoms with van der Waals surface area (Å²) in [5.74, 6) is 0. The van der Waals surface area contributed by atoms with E-state index in [0.717, 1.165) is 12.8 Å². The monoisotopic (exact) mass is 404 g/mol. The van der Waals surface area contributed by atoms with Crippen LogP contribution in [0.1, 0.15) is 96.8 Å². The van der Waals surface area contributed by atoms with Crippen molar-refractivity contribution in [1.29, 1.82) is 0 Å². The quantitative estimate of drug-likeness (QED) is 0.278. The van der Waals surface area contributed by atoms with Crippen molar-refractivity contribution >= 4 is 0 Å². The lowest BCUT2D eigenvalue weighted by Gasteiger charge is -2.39. The normalized spacial score (nSPS) is 28.0. The van der Waals surface area contributed by atoms with Gasteiger partial charge >= 0.3 is 0 Å². The number of aliphatic hydroxyl groups is 4. The van der Waals surface area contributed by atoms with Gasteiger partial charge in [0.15, 0.2) is 6.29 Å². The van der Waals surface area contributed by atoms with Gasteiger partial charge in [-0.15, -0.1) is 0 Å². The summed E-state index contributed by atoms with van der Waals surface area (Å²) in [5.41, 5.74) is 0. The highest BCUT2D eigenvalue weighted by molar-refractivity contribution is 4.88. The number of aliphatic hydroxyl groups excluding tert-OH is 4. The van der Waals surface area contributed by atoms with E-state index < -0.39 is 37.3 Å². The Morgan fingerprint density at radius 2 is 1.11 bits per heavy atom. The lowest BCUT2D eigenvalue weighted by atomic mass is 9.99. The van der Waals surface area contributed by atoms with Crippen molar-refractivity contribution < 1.29 is 29.9 Å². The standard InChI is InChI=1S/C22H44O6/c1-2-3-4-5-6-7-8-9-10-11-12-13-14-15-16-27-22-21(26)20(25)19(24)18(17-23)28-22/h18-26H,2-17H2,1H3/t18-,19+,20+,21-,22-/m1/s1. The fourth-order valence-electron chi connectivity index (χ4n) is 3.70. The summed E-state index contributed by atoms with van der Waals surface area (Å²) in [6.07, 6.45) is 12.1. The van der Waals surface area contributed by atoms with E-state index in [-0.39, 0.29) is 0 Å². The maximum atomic E-state index is 9.89. The fourth-order valence-corrected chi connectivity index (χ4v) is 3.70. The van der Waals surface area contributed by atoms with E-state index in [9.17, 15) is 15.3 Å². The van der Waals surface area contributed by atoms with Crippen LogP contribution in [0.25, 0.3) is 0 Å². The average molecular weight is 405 g/mol. The Labute approximate surface area is 171 Å². The van der Waals surface area contributed by atoms with Gasteiger partial charge in [-0.3, -0.25) is 0 Å². The molecule has 0 saturated carbocycles. The lowest BCUT2D eigenvalue weighted by molar-refractivity contribution is -0.301. The summed E-state index contributed by atoms with van der Waals surface area (Å²) in [5, 5.41) is 38.5. The Morgan fingerprint density at radius 1 is 0.643 bits per heavy atom. The van der Waals surface area contributed by atoms with Gasteiger partial charge in [-0.25, -0.2) is 0 Å². The molecule has 0 radical (unpaired) electrons. The van der Waals surface area contributed by atoms with Crippen LogP contribution in [0.5, 0.6) is 0 Å². The highest BCUT2D eigenvalue weighted by atomic mass is 16.7. The summed E-state index contributed by atoms with van der Waals surface area (Å²) < 4.78 is 10.8. The van der Waals surface area contributed by atoms with Crippen LogP contribution in [0, 0.1) is 0 Å². The minimum absolute atomic E-state index is 0.427. The number of ether oxygens (including phenoxy) is 2. The number of hydrogen-bond acceptors (Lipinski definition) is 6. The van der Waals surface area contributed by atoms with Gasteiger partial charge in [0.2, 0.25) is 0 Å². The summed E-state index contributed by atoms with van der Waals surface area (Å²) in [4.78, 5) is 0. The summed E-state index contributed by atoms with van der Waals surface area (Å²) in [7, 11) is 0. The summed E-state index contributed by atoms with van der Waals surface area (Å²) in [6.45, 7) is 2.26. The van der Waals surface area contributed by atoms with Crippen molar-refractivity contribution in [3.05, 3.63) is 0 Å². The molecule has 1 aliphatic rings. The molecule has 0 aliphatic carbocycles. The van der Waals surface area contributed by atoms with E-state index in [4.69, 9.17) is 14.6 Å². The molecule has 0 aromatic carbocycles. The van der Waals surface area contributed by atoms with Crippen molar-refractivity contribution in [3.8, 4) is 0 Å². The Bertz CT molecular complexity index is 352.